The summed E-state index contributed by atoms with van der Waals surface area (Å²) in [5.74, 6) is 0.774. The highest BCUT2D eigenvalue weighted by atomic mass is 35.5. The molecule has 0 saturated carbocycles. The van der Waals surface area contributed by atoms with Crippen LogP contribution in [0.3, 0.4) is 0 Å². The van der Waals surface area contributed by atoms with Crippen molar-refractivity contribution < 1.29 is 5.11 Å². The van der Waals surface area contributed by atoms with Crippen molar-refractivity contribution in [1.29, 1.82) is 0 Å². The van der Waals surface area contributed by atoms with Gasteiger partial charge in [0.05, 0.1) is 5.69 Å². The van der Waals surface area contributed by atoms with E-state index in [-0.39, 0.29) is 22.2 Å². The second kappa shape index (κ2) is 4.58. The average Bonchev–Trinajstić information content (AvgIpc) is 2.18. The van der Waals surface area contributed by atoms with Crippen molar-refractivity contribution in [2.45, 2.75) is 52.4 Å². The molecule has 0 radical (unpaired) electrons. The van der Waals surface area contributed by atoms with Gasteiger partial charge in [-0.05, 0) is 6.42 Å². The molecule has 90 valence electrons. The Bertz CT molecular complexity index is 385. The fourth-order valence-electron chi connectivity index (χ4n) is 1.35. The molecule has 0 aliphatic carbocycles. The smallest absolute Gasteiger partial charge is 0.233 e. The van der Waals surface area contributed by atoms with E-state index in [9.17, 15) is 5.11 Å². The first kappa shape index (κ1) is 13.2. The van der Waals surface area contributed by atoms with Gasteiger partial charge in [-0.15, -0.1) is 0 Å². The van der Waals surface area contributed by atoms with Crippen LogP contribution < -0.4 is 0 Å². The van der Waals surface area contributed by atoms with Crippen molar-refractivity contribution in [2.75, 3.05) is 0 Å². The molecule has 1 heterocycles. The maximum absolute atomic E-state index is 9.71. The molecule has 1 rings (SSSR count). The van der Waals surface area contributed by atoms with Crippen molar-refractivity contribution in [3.05, 3.63) is 16.5 Å². The lowest BCUT2D eigenvalue weighted by molar-refractivity contribution is 0.437. The second-order valence-electron chi connectivity index (χ2n) is 5.13. The molecular formula is C12H19ClN2O. The molecule has 3 nitrogen and oxygen atoms in total. The summed E-state index contributed by atoms with van der Waals surface area (Å²) in [4.78, 5) is 8.50. The van der Waals surface area contributed by atoms with Crippen LogP contribution in [-0.4, -0.2) is 15.1 Å². The van der Waals surface area contributed by atoms with E-state index in [1.165, 1.54) is 0 Å². The van der Waals surface area contributed by atoms with Gasteiger partial charge in [0.25, 0.3) is 0 Å². The molecule has 0 aliphatic heterocycles. The fraction of sp³-hybridized carbons (Fsp3) is 0.667. The van der Waals surface area contributed by atoms with Gasteiger partial charge in [0.2, 0.25) is 5.88 Å². The lowest BCUT2D eigenvalue weighted by Gasteiger charge is -2.21. The van der Waals surface area contributed by atoms with Crippen LogP contribution in [0, 0.1) is 0 Å². The van der Waals surface area contributed by atoms with E-state index >= 15 is 0 Å². The van der Waals surface area contributed by atoms with E-state index in [0.29, 0.717) is 11.5 Å². The summed E-state index contributed by atoms with van der Waals surface area (Å²) in [6.45, 7) is 10.1. The Morgan fingerprint density at radius 3 is 2.31 bits per heavy atom. The molecular weight excluding hydrogens is 224 g/mol. The van der Waals surface area contributed by atoms with Crippen LogP contribution in [0.2, 0.25) is 5.02 Å². The first-order valence-corrected chi connectivity index (χ1v) is 5.92. The third kappa shape index (κ3) is 2.64. The normalized spacial score (nSPS) is 13.9. The minimum Gasteiger partial charge on any atom is -0.492 e. The zero-order chi connectivity index (χ0) is 12.5. The average molecular weight is 243 g/mol. The number of hydrogen-bond donors (Lipinski definition) is 1. The maximum atomic E-state index is 9.71. The molecule has 0 aliphatic rings. The minimum absolute atomic E-state index is 0.114. The molecule has 0 amide bonds. The third-order valence-electron chi connectivity index (χ3n) is 2.61. The van der Waals surface area contributed by atoms with Gasteiger partial charge in [-0.25, -0.2) is 4.98 Å². The molecule has 1 unspecified atom stereocenters. The first-order valence-electron chi connectivity index (χ1n) is 5.54. The Morgan fingerprint density at radius 2 is 1.88 bits per heavy atom. The van der Waals surface area contributed by atoms with Crippen molar-refractivity contribution in [3.63, 3.8) is 0 Å². The lowest BCUT2D eigenvalue weighted by Crippen LogP contribution is -2.17. The van der Waals surface area contributed by atoms with Crippen molar-refractivity contribution in [2.24, 2.45) is 0 Å². The minimum atomic E-state index is -0.195. The Kier molecular flexibility index (Phi) is 3.79. The number of aromatic nitrogens is 2. The molecule has 0 spiro atoms. The van der Waals surface area contributed by atoms with Gasteiger partial charge in [-0.2, -0.15) is 4.98 Å². The zero-order valence-electron chi connectivity index (χ0n) is 10.5. The van der Waals surface area contributed by atoms with Gasteiger partial charge >= 0.3 is 0 Å². The number of halogens is 1. The van der Waals surface area contributed by atoms with Gasteiger partial charge in [0.15, 0.2) is 0 Å². The second-order valence-corrected chi connectivity index (χ2v) is 5.51. The largest absolute Gasteiger partial charge is 0.492 e. The molecule has 0 saturated heterocycles. The maximum Gasteiger partial charge on any atom is 0.233 e. The predicted octanol–water partition coefficient (Wildman–Crippen LogP) is 3.65. The summed E-state index contributed by atoms with van der Waals surface area (Å²) in [5.41, 5.74) is 0.511. The molecule has 0 fully saturated rings. The Labute approximate surface area is 102 Å². The zero-order valence-corrected chi connectivity index (χ0v) is 11.3. The summed E-state index contributed by atoms with van der Waals surface area (Å²) in [6.07, 6.45) is 0.935. The summed E-state index contributed by atoms with van der Waals surface area (Å²) >= 11 is 6.02. The Morgan fingerprint density at radius 1 is 1.31 bits per heavy atom. The van der Waals surface area contributed by atoms with Crippen molar-refractivity contribution >= 4 is 11.6 Å². The van der Waals surface area contributed by atoms with Gasteiger partial charge in [0, 0.05) is 11.3 Å². The van der Waals surface area contributed by atoms with Crippen LogP contribution >= 0.6 is 11.6 Å². The van der Waals surface area contributed by atoms with Crippen LogP contribution in [0.15, 0.2) is 0 Å². The van der Waals surface area contributed by atoms with Crippen molar-refractivity contribution in [3.8, 4) is 5.88 Å². The highest BCUT2D eigenvalue weighted by Crippen LogP contribution is 2.34. The molecule has 16 heavy (non-hydrogen) atoms. The standard InChI is InChI=1S/C12H19ClN2O/c1-6-7(2)10-14-9(12(3,4)5)8(13)11(16)15-10/h7H,6H2,1-5H3,(H,14,15,16). The number of hydrogen-bond acceptors (Lipinski definition) is 3. The fourth-order valence-corrected chi connectivity index (χ4v) is 1.72. The molecule has 1 aromatic rings. The molecule has 1 N–H and O–H groups in total. The number of aromatic hydroxyl groups is 1. The third-order valence-corrected chi connectivity index (χ3v) is 2.96. The molecule has 4 heteroatoms. The van der Waals surface area contributed by atoms with E-state index in [2.05, 4.69) is 16.9 Å². The van der Waals surface area contributed by atoms with Crippen LogP contribution in [0.4, 0.5) is 0 Å². The van der Waals surface area contributed by atoms with Gasteiger partial charge < -0.3 is 5.11 Å². The molecule has 1 atom stereocenters. The highest BCUT2D eigenvalue weighted by Gasteiger charge is 2.24. The summed E-state index contributed by atoms with van der Waals surface area (Å²) < 4.78 is 0. The van der Waals surface area contributed by atoms with Crippen LogP contribution in [0.1, 0.15) is 58.5 Å². The highest BCUT2D eigenvalue weighted by molar-refractivity contribution is 6.32. The van der Waals surface area contributed by atoms with E-state index in [1.807, 2.05) is 27.7 Å². The number of nitrogens with zero attached hydrogens (tertiary/aromatic N) is 2. The monoisotopic (exact) mass is 242 g/mol. The Balaban J connectivity index is 3.33. The van der Waals surface area contributed by atoms with E-state index < -0.39 is 0 Å². The Hall–Kier alpha value is -0.830. The summed E-state index contributed by atoms with van der Waals surface area (Å²) in [7, 11) is 0. The van der Waals surface area contributed by atoms with Gasteiger partial charge in [-0.3, -0.25) is 0 Å². The first-order chi connectivity index (χ1) is 7.27. The quantitative estimate of drug-likeness (QED) is 0.861. The van der Waals surface area contributed by atoms with Crippen LogP contribution in [-0.2, 0) is 5.41 Å². The lowest BCUT2D eigenvalue weighted by atomic mass is 9.91. The summed E-state index contributed by atoms with van der Waals surface area (Å²) in [5, 5.41) is 9.97. The van der Waals surface area contributed by atoms with E-state index in [1.54, 1.807) is 0 Å². The van der Waals surface area contributed by atoms with Crippen LogP contribution in [0.25, 0.3) is 0 Å². The molecule has 0 bridgehead atoms. The van der Waals surface area contributed by atoms with Crippen LogP contribution in [0.5, 0.6) is 5.88 Å². The predicted molar refractivity (Wildman–Crippen MR) is 66.1 cm³/mol. The SMILES string of the molecule is CCC(C)c1nc(O)c(Cl)c(C(C)(C)C)n1. The van der Waals surface area contributed by atoms with Gasteiger partial charge in [0.1, 0.15) is 10.8 Å². The number of rotatable bonds is 2. The topological polar surface area (TPSA) is 46.0 Å². The summed E-state index contributed by atoms with van der Waals surface area (Å²) in [6, 6.07) is 0. The van der Waals surface area contributed by atoms with Crippen molar-refractivity contribution in [1.82, 2.24) is 9.97 Å². The molecule has 0 aromatic carbocycles. The van der Waals surface area contributed by atoms with Gasteiger partial charge in [-0.1, -0.05) is 46.2 Å². The van der Waals surface area contributed by atoms with E-state index in [4.69, 9.17) is 11.6 Å². The molecule has 1 aromatic heterocycles. The van der Waals surface area contributed by atoms with E-state index in [0.717, 1.165) is 6.42 Å².